The average Bonchev–Trinajstić information content (AvgIpc) is 3.00. The SMILES string of the molecule is CC.Cc1cncc(C2=CC3CC2CN3C(C)C)c1. The molecule has 1 aromatic heterocycles. The van der Waals surface area contributed by atoms with Crippen LogP contribution in [0.4, 0.5) is 0 Å². The number of likely N-dealkylation sites (tertiary alicyclic amines) is 1. The molecule has 0 N–H and O–H groups in total. The van der Waals surface area contributed by atoms with E-state index in [1.54, 1.807) is 0 Å². The van der Waals surface area contributed by atoms with Crippen molar-refractivity contribution in [1.29, 1.82) is 0 Å². The molecular formula is C17H26N2. The monoisotopic (exact) mass is 258 g/mol. The second kappa shape index (κ2) is 5.87. The molecule has 2 nitrogen and oxygen atoms in total. The molecule has 0 amide bonds. The van der Waals surface area contributed by atoms with Crippen molar-refractivity contribution < 1.29 is 0 Å². The zero-order chi connectivity index (χ0) is 14.0. The van der Waals surface area contributed by atoms with Crippen molar-refractivity contribution in [2.45, 2.75) is 53.1 Å². The maximum Gasteiger partial charge on any atom is 0.0343 e. The van der Waals surface area contributed by atoms with Gasteiger partial charge in [-0.05, 0) is 55.9 Å². The molecule has 2 aliphatic rings. The summed E-state index contributed by atoms with van der Waals surface area (Å²) in [4.78, 5) is 6.92. The fourth-order valence-electron chi connectivity index (χ4n) is 3.26. The lowest BCUT2D eigenvalue weighted by Crippen LogP contribution is -2.36. The minimum Gasteiger partial charge on any atom is -0.294 e. The van der Waals surface area contributed by atoms with Crippen LogP contribution in [-0.4, -0.2) is 28.5 Å². The minimum absolute atomic E-state index is 0.663. The summed E-state index contributed by atoms with van der Waals surface area (Å²) in [5.41, 5.74) is 4.12. The van der Waals surface area contributed by atoms with Gasteiger partial charge >= 0.3 is 0 Å². The van der Waals surface area contributed by atoms with Crippen LogP contribution in [0.15, 0.2) is 24.5 Å². The number of pyridine rings is 1. The lowest BCUT2D eigenvalue weighted by atomic mass is 9.95. The molecule has 104 valence electrons. The Labute approximate surface area is 117 Å². The van der Waals surface area contributed by atoms with Crippen molar-refractivity contribution in [3.05, 3.63) is 35.7 Å². The summed E-state index contributed by atoms with van der Waals surface area (Å²) in [5, 5.41) is 0. The Morgan fingerprint density at radius 3 is 2.53 bits per heavy atom. The van der Waals surface area contributed by atoms with Crippen molar-refractivity contribution in [2.24, 2.45) is 5.92 Å². The molecule has 2 heteroatoms. The predicted octanol–water partition coefficient (Wildman–Crippen LogP) is 3.91. The maximum atomic E-state index is 4.31. The summed E-state index contributed by atoms with van der Waals surface area (Å²) in [6, 6.07) is 3.59. The maximum absolute atomic E-state index is 4.31. The Morgan fingerprint density at radius 1 is 1.26 bits per heavy atom. The Kier molecular flexibility index (Phi) is 4.41. The van der Waals surface area contributed by atoms with Crippen LogP contribution in [0.1, 0.15) is 45.2 Å². The largest absolute Gasteiger partial charge is 0.294 e. The number of aromatic nitrogens is 1. The van der Waals surface area contributed by atoms with Gasteiger partial charge in [0.1, 0.15) is 0 Å². The Morgan fingerprint density at radius 2 is 2.00 bits per heavy atom. The minimum atomic E-state index is 0.663. The predicted molar refractivity (Wildman–Crippen MR) is 82.0 cm³/mol. The van der Waals surface area contributed by atoms with Crippen molar-refractivity contribution in [3.63, 3.8) is 0 Å². The van der Waals surface area contributed by atoms with E-state index in [1.807, 2.05) is 26.2 Å². The van der Waals surface area contributed by atoms with Crippen LogP contribution in [0.5, 0.6) is 0 Å². The fourth-order valence-corrected chi connectivity index (χ4v) is 3.26. The second-order valence-corrected chi connectivity index (χ2v) is 5.66. The summed E-state index contributed by atoms with van der Waals surface area (Å²) in [5.74, 6) is 0.728. The third-order valence-electron chi connectivity index (χ3n) is 4.07. The van der Waals surface area contributed by atoms with Gasteiger partial charge in [0, 0.05) is 31.0 Å². The molecule has 2 atom stereocenters. The van der Waals surface area contributed by atoms with Crippen LogP contribution in [-0.2, 0) is 0 Å². The Balaban J connectivity index is 0.000000637. The zero-order valence-electron chi connectivity index (χ0n) is 12.9. The number of hydrogen-bond acceptors (Lipinski definition) is 2. The normalized spacial score (nSPS) is 25.3. The van der Waals surface area contributed by atoms with Crippen LogP contribution in [0.2, 0.25) is 0 Å². The van der Waals surface area contributed by atoms with Gasteiger partial charge in [-0.2, -0.15) is 0 Å². The number of hydrogen-bond donors (Lipinski definition) is 0. The summed E-state index contributed by atoms with van der Waals surface area (Å²) in [6.07, 6.45) is 7.71. The van der Waals surface area contributed by atoms with E-state index in [4.69, 9.17) is 0 Å². The van der Waals surface area contributed by atoms with E-state index in [0.29, 0.717) is 12.1 Å². The first kappa shape index (κ1) is 14.3. The molecule has 1 aromatic rings. The number of nitrogens with zero attached hydrogens (tertiary/aromatic N) is 2. The molecule has 3 rings (SSSR count). The summed E-state index contributed by atoms with van der Waals surface area (Å²) in [6.45, 7) is 11.9. The molecule has 1 aliphatic heterocycles. The molecule has 0 radical (unpaired) electrons. The van der Waals surface area contributed by atoms with E-state index in [-0.39, 0.29) is 0 Å². The summed E-state index contributed by atoms with van der Waals surface area (Å²) >= 11 is 0. The van der Waals surface area contributed by atoms with Crippen LogP contribution in [0.25, 0.3) is 5.57 Å². The van der Waals surface area contributed by atoms with Gasteiger partial charge in [-0.25, -0.2) is 0 Å². The quantitative estimate of drug-likeness (QED) is 0.799. The highest BCUT2D eigenvalue weighted by Gasteiger charge is 2.39. The molecule has 2 unspecified atom stereocenters. The molecule has 1 fully saturated rings. The van der Waals surface area contributed by atoms with Gasteiger partial charge in [-0.15, -0.1) is 0 Å². The van der Waals surface area contributed by atoms with Crippen molar-refractivity contribution in [3.8, 4) is 0 Å². The highest BCUT2D eigenvalue weighted by Crippen LogP contribution is 2.42. The molecule has 2 bridgehead atoms. The fraction of sp³-hybridized carbons (Fsp3) is 0.588. The molecule has 1 saturated heterocycles. The molecule has 2 heterocycles. The summed E-state index contributed by atoms with van der Waals surface area (Å²) < 4.78 is 0. The van der Waals surface area contributed by atoms with Gasteiger partial charge in [0.15, 0.2) is 0 Å². The van der Waals surface area contributed by atoms with E-state index < -0.39 is 0 Å². The van der Waals surface area contributed by atoms with E-state index >= 15 is 0 Å². The lowest BCUT2D eigenvalue weighted by Gasteiger charge is -2.29. The number of rotatable bonds is 2. The highest BCUT2D eigenvalue weighted by molar-refractivity contribution is 5.71. The highest BCUT2D eigenvalue weighted by atomic mass is 15.2. The molecule has 0 aromatic carbocycles. The van der Waals surface area contributed by atoms with E-state index in [0.717, 1.165) is 5.92 Å². The smallest absolute Gasteiger partial charge is 0.0343 e. The number of fused-ring (bicyclic) bond motifs is 2. The second-order valence-electron chi connectivity index (χ2n) is 5.66. The van der Waals surface area contributed by atoms with Gasteiger partial charge < -0.3 is 0 Å². The van der Waals surface area contributed by atoms with Gasteiger partial charge in [-0.3, -0.25) is 9.88 Å². The molecule has 0 saturated carbocycles. The van der Waals surface area contributed by atoms with Crippen LogP contribution < -0.4 is 0 Å². The zero-order valence-corrected chi connectivity index (χ0v) is 12.9. The van der Waals surface area contributed by atoms with Gasteiger partial charge in [-0.1, -0.05) is 19.9 Å². The summed E-state index contributed by atoms with van der Waals surface area (Å²) in [7, 11) is 0. The Hall–Kier alpha value is -1.15. The third kappa shape index (κ3) is 2.74. The van der Waals surface area contributed by atoms with Gasteiger partial charge in [0.05, 0.1) is 0 Å². The first-order chi connectivity index (χ1) is 9.15. The van der Waals surface area contributed by atoms with Gasteiger partial charge in [0.25, 0.3) is 0 Å². The number of aryl methyl sites for hydroxylation is 1. The van der Waals surface area contributed by atoms with Crippen molar-refractivity contribution >= 4 is 5.57 Å². The molecule has 19 heavy (non-hydrogen) atoms. The lowest BCUT2D eigenvalue weighted by molar-refractivity contribution is 0.227. The Bertz CT molecular complexity index is 462. The van der Waals surface area contributed by atoms with Crippen molar-refractivity contribution in [2.75, 3.05) is 6.54 Å². The topological polar surface area (TPSA) is 16.1 Å². The molecular weight excluding hydrogens is 232 g/mol. The molecule has 0 spiro atoms. The first-order valence-electron chi connectivity index (χ1n) is 7.54. The third-order valence-corrected chi connectivity index (χ3v) is 4.07. The van der Waals surface area contributed by atoms with E-state index in [1.165, 1.54) is 29.7 Å². The van der Waals surface area contributed by atoms with Crippen LogP contribution >= 0.6 is 0 Å². The van der Waals surface area contributed by atoms with Crippen molar-refractivity contribution in [1.82, 2.24) is 9.88 Å². The standard InChI is InChI=1S/C15H20N2.C2H6/c1-10(2)17-9-13-5-14(17)6-15(13)12-4-11(3)7-16-8-12;1-2/h4,6-8,10,13-14H,5,9H2,1-3H3;1-2H3. The van der Waals surface area contributed by atoms with Crippen LogP contribution in [0, 0.1) is 12.8 Å². The van der Waals surface area contributed by atoms with E-state index in [9.17, 15) is 0 Å². The van der Waals surface area contributed by atoms with Crippen LogP contribution in [0.3, 0.4) is 0 Å². The average molecular weight is 258 g/mol. The first-order valence-corrected chi connectivity index (χ1v) is 7.54. The van der Waals surface area contributed by atoms with Gasteiger partial charge in [0.2, 0.25) is 0 Å². The van der Waals surface area contributed by atoms with E-state index in [2.05, 4.69) is 42.8 Å². The molecule has 1 aliphatic carbocycles.